The maximum absolute atomic E-state index is 11.8. The normalized spacial score (nSPS) is 17.4. The summed E-state index contributed by atoms with van der Waals surface area (Å²) in [7, 11) is 0. The number of aliphatic hydroxyl groups excluding tert-OH is 1. The first-order valence-corrected chi connectivity index (χ1v) is 6.80. The second kappa shape index (κ2) is 6.84. The van der Waals surface area contributed by atoms with E-state index < -0.39 is 0 Å². The van der Waals surface area contributed by atoms with E-state index in [4.69, 9.17) is 16.7 Å². The van der Waals surface area contributed by atoms with Crippen molar-refractivity contribution >= 4 is 23.3 Å². The molecule has 0 bridgehead atoms. The molecule has 1 aromatic heterocycles. The summed E-state index contributed by atoms with van der Waals surface area (Å²) in [6.45, 7) is 2.32. The van der Waals surface area contributed by atoms with Gasteiger partial charge in [-0.25, -0.2) is 4.98 Å². The Balaban J connectivity index is 1.77. The molecule has 1 aliphatic rings. The Morgan fingerprint density at radius 3 is 2.79 bits per heavy atom. The number of aliphatic hydroxyl groups is 1. The van der Waals surface area contributed by atoms with Gasteiger partial charge in [-0.1, -0.05) is 11.6 Å². The van der Waals surface area contributed by atoms with Gasteiger partial charge in [0.05, 0.1) is 11.6 Å². The van der Waals surface area contributed by atoms with Crippen LogP contribution in [0.2, 0.25) is 5.02 Å². The Bertz CT molecular complexity index is 416. The van der Waals surface area contributed by atoms with Crippen LogP contribution >= 0.6 is 11.6 Å². The number of halogens is 1. The molecule has 1 saturated heterocycles. The third-order valence-corrected chi connectivity index (χ3v) is 3.55. The van der Waals surface area contributed by atoms with Crippen LogP contribution in [0.1, 0.15) is 12.8 Å². The average Bonchev–Trinajstić information content (AvgIpc) is 2.42. The summed E-state index contributed by atoms with van der Waals surface area (Å²) in [5.74, 6) is 0.828. The standard InChI is InChI=1S/C13H18ClN3O2/c14-11-1-2-12(15-7-11)16-13(19)8-17-5-3-10(9-18)4-6-17/h1-2,7,10,18H,3-6,8-9H2,(H,15,16,19). The topological polar surface area (TPSA) is 65.5 Å². The Morgan fingerprint density at radius 2 is 2.21 bits per heavy atom. The van der Waals surface area contributed by atoms with E-state index in [1.165, 1.54) is 6.20 Å². The quantitative estimate of drug-likeness (QED) is 0.876. The summed E-state index contributed by atoms with van der Waals surface area (Å²) in [5.41, 5.74) is 0. The van der Waals surface area contributed by atoms with Gasteiger partial charge in [0.25, 0.3) is 0 Å². The number of carbonyl (C=O) groups is 1. The number of pyridine rings is 1. The van der Waals surface area contributed by atoms with E-state index in [1.807, 2.05) is 0 Å². The van der Waals surface area contributed by atoms with E-state index in [0.29, 0.717) is 23.3 Å². The van der Waals surface area contributed by atoms with Crippen molar-refractivity contribution in [1.82, 2.24) is 9.88 Å². The van der Waals surface area contributed by atoms with E-state index in [1.54, 1.807) is 12.1 Å². The zero-order valence-electron chi connectivity index (χ0n) is 10.7. The molecular formula is C13H18ClN3O2. The fraction of sp³-hybridized carbons (Fsp3) is 0.538. The van der Waals surface area contributed by atoms with E-state index >= 15 is 0 Å². The number of piperidine rings is 1. The maximum atomic E-state index is 11.8. The molecule has 0 atom stereocenters. The van der Waals surface area contributed by atoms with Gasteiger partial charge >= 0.3 is 0 Å². The van der Waals surface area contributed by atoms with Crippen molar-refractivity contribution in [2.75, 3.05) is 31.6 Å². The number of nitrogens with one attached hydrogen (secondary N) is 1. The van der Waals surface area contributed by atoms with Gasteiger partial charge in [0.15, 0.2) is 0 Å². The summed E-state index contributed by atoms with van der Waals surface area (Å²) in [6.07, 6.45) is 3.40. The number of likely N-dealkylation sites (tertiary alicyclic amines) is 1. The number of aromatic nitrogens is 1. The van der Waals surface area contributed by atoms with Crippen molar-refractivity contribution in [3.63, 3.8) is 0 Å². The van der Waals surface area contributed by atoms with Crippen molar-refractivity contribution in [3.8, 4) is 0 Å². The van der Waals surface area contributed by atoms with Crippen LogP contribution < -0.4 is 5.32 Å². The fourth-order valence-corrected chi connectivity index (χ4v) is 2.27. The van der Waals surface area contributed by atoms with Crippen LogP contribution in [-0.4, -0.2) is 47.1 Å². The Morgan fingerprint density at radius 1 is 1.47 bits per heavy atom. The molecule has 19 heavy (non-hydrogen) atoms. The first kappa shape index (κ1) is 14.2. The van der Waals surface area contributed by atoms with E-state index in [0.717, 1.165) is 25.9 Å². The summed E-state index contributed by atoms with van der Waals surface area (Å²) in [6, 6.07) is 3.37. The summed E-state index contributed by atoms with van der Waals surface area (Å²) < 4.78 is 0. The number of nitrogens with zero attached hydrogens (tertiary/aromatic N) is 2. The first-order chi connectivity index (χ1) is 9.17. The molecule has 1 aromatic rings. The van der Waals surface area contributed by atoms with E-state index in [9.17, 15) is 4.79 Å². The van der Waals surface area contributed by atoms with Gasteiger partial charge in [-0.3, -0.25) is 9.69 Å². The number of hydrogen-bond acceptors (Lipinski definition) is 4. The Labute approximate surface area is 117 Å². The minimum atomic E-state index is -0.0720. The summed E-state index contributed by atoms with van der Waals surface area (Å²) >= 11 is 5.73. The molecule has 0 saturated carbocycles. The lowest BCUT2D eigenvalue weighted by Crippen LogP contribution is -2.39. The molecule has 1 aliphatic heterocycles. The van der Waals surface area contributed by atoms with Crippen molar-refractivity contribution in [1.29, 1.82) is 0 Å². The molecule has 6 heteroatoms. The van der Waals surface area contributed by atoms with Gasteiger partial charge in [0.1, 0.15) is 5.82 Å². The number of anilines is 1. The second-order valence-corrected chi connectivity index (χ2v) is 5.25. The lowest BCUT2D eigenvalue weighted by Gasteiger charge is -2.30. The molecule has 0 spiro atoms. The van der Waals surface area contributed by atoms with Crippen molar-refractivity contribution in [2.24, 2.45) is 5.92 Å². The van der Waals surface area contributed by atoms with Gasteiger partial charge in [-0.2, -0.15) is 0 Å². The Kier molecular flexibility index (Phi) is 5.13. The second-order valence-electron chi connectivity index (χ2n) is 4.81. The van der Waals surface area contributed by atoms with Gasteiger partial charge in [-0.15, -0.1) is 0 Å². The van der Waals surface area contributed by atoms with Crippen LogP contribution in [0.4, 0.5) is 5.82 Å². The minimum Gasteiger partial charge on any atom is -0.396 e. The molecule has 1 fully saturated rings. The van der Waals surface area contributed by atoms with Crippen molar-refractivity contribution in [2.45, 2.75) is 12.8 Å². The molecular weight excluding hydrogens is 266 g/mol. The lowest BCUT2D eigenvalue weighted by atomic mass is 9.98. The molecule has 2 rings (SSSR count). The van der Waals surface area contributed by atoms with Crippen LogP contribution in [0.25, 0.3) is 0 Å². The molecule has 0 aliphatic carbocycles. The number of hydrogen-bond donors (Lipinski definition) is 2. The fourth-order valence-electron chi connectivity index (χ4n) is 2.16. The average molecular weight is 284 g/mol. The predicted molar refractivity (Wildman–Crippen MR) is 74.1 cm³/mol. The maximum Gasteiger partial charge on any atom is 0.239 e. The van der Waals surface area contributed by atoms with Gasteiger partial charge in [-0.05, 0) is 44.0 Å². The highest BCUT2D eigenvalue weighted by Crippen LogP contribution is 2.16. The highest BCUT2D eigenvalue weighted by atomic mass is 35.5. The van der Waals surface area contributed by atoms with Crippen molar-refractivity contribution < 1.29 is 9.90 Å². The monoisotopic (exact) mass is 283 g/mol. The van der Waals surface area contributed by atoms with Gasteiger partial charge in [0.2, 0.25) is 5.91 Å². The third kappa shape index (κ3) is 4.45. The molecule has 0 radical (unpaired) electrons. The number of amides is 1. The zero-order valence-corrected chi connectivity index (χ0v) is 11.4. The van der Waals surface area contributed by atoms with E-state index in [2.05, 4.69) is 15.2 Å². The van der Waals surface area contributed by atoms with Crippen LogP contribution in [0.3, 0.4) is 0 Å². The lowest BCUT2D eigenvalue weighted by molar-refractivity contribution is -0.117. The van der Waals surface area contributed by atoms with E-state index in [-0.39, 0.29) is 12.5 Å². The summed E-state index contributed by atoms with van der Waals surface area (Å²) in [5, 5.41) is 12.3. The predicted octanol–water partition coefficient (Wildman–Crippen LogP) is 1.38. The van der Waals surface area contributed by atoms with Crippen LogP contribution in [0.5, 0.6) is 0 Å². The largest absolute Gasteiger partial charge is 0.396 e. The minimum absolute atomic E-state index is 0.0720. The zero-order chi connectivity index (χ0) is 13.7. The van der Waals surface area contributed by atoms with Crippen LogP contribution in [0, 0.1) is 5.92 Å². The molecule has 0 aromatic carbocycles. The molecule has 1 amide bonds. The molecule has 0 unspecified atom stereocenters. The van der Waals surface area contributed by atoms with Crippen LogP contribution in [0.15, 0.2) is 18.3 Å². The highest BCUT2D eigenvalue weighted by Gasteiger charge is 2.20. The van der Waals surface area contributed by atoms with Crippen LogP contribution in [-0.2, 0) is 4.79 Å². The van der Waals surface area contributed by atoms with Crippen molar-refractivity contribution in [3.05, 3.63) is 23.4 Å². The van der Waals surface area contributed by atoms with Gasteiger partial charge < -0.3 is 10.4 Å². The summed E-state index contributed by atoms with van der Waals surface area (Å²) in [4.78, 5) is 18.0. The SMILES string of the molecule is O=C(CN1CCC(CO)CC1)Nc1ccc(Cl)cn1. The third-order valence-electron chi connectivity index (χ3n) is 3.33. The smallest absolute Gasteiger partial charge is 0.239 e. The molecule has 104 valence electrons. The Hall–Kier alpha value is -1.17. The highest BCUT2D eigenvalue weighted by molar-refractivity contribution is 6.30. The first-order valence-electron chi connectivity index (χ1n) is 6.42. The molecule has 2 N–H and O–H groups in total. The number of rotatable bonds is 4. The number of carbonyl (C=O) groups excluding carboxylic acids is 1. The van der Waals surface area contributed by atoms with Gasteiger partial charge in [0, 0.05) is 12.8 Å². The molecule has 5 nitrogen and oxygen atoms in total. The molecule has 2 heterocycles.